The molecule has 2 saturated heterocycles. The maximum Gasteiger partial charge on any atom is 0.410 e. The number of ether oxygens (including phenoxy) is 1. The predicted octanol–water partition coefficient (Wildman–Crippen LogP) is 3.61. The lowest BCUT2D eigenvalue weighted by atomic mass is 9.78. The van der Waals surface area contributed by atoms with Gasteiger partial charge in [0.15, 0.2) is 11.7 Å². The molecule has 184 valence electrons. The summed E-state index contributed by atoms with van der Waals surface area (Å²) in [7, 11) is 0. The SMILES string of the molecule is CC(C)(C)OC(=O)N1CCC2NC(=O)C(C(=O)Nc3ccc(C4CCCCC4)cc3)C(=O)C2C1. The van der Waals surface area contributed by atoms with Gasteiger partial charge in [0.2, 0.25) is 11.8 Å². The van der Waals surface area contributed by atoms with Gasteiger partial charge in [-0.25, -0.2) is 4.79 Å². The first-order chi connectivity index (χ1) is 16.1. The average Bonchev–Trinajstić information content (AvgIpc) is 2.79. The molecule has 1 aliphatic carbocycles. The van der Waals surface area contributed by atoms with Gasteiger partial charge in [-0.05, 0) is 63.6 Å². The normalized spacial score (nSPS) is 25.9. The maximum absolute atomic E-state index is 13.2. The highest BCUT2D eigenvalue weighted by Crippen LogP contribution is 2.33. The molecule has 1 saturated carbocycles. The van der Waals surface area contributed by atoms with E-state index in [4.69, 9.17) is 4.74 Å². The molecule has 0 spiro atoms. The molecule has 8 nitrogen and oxygen atoms in total. The summed E-state index contributed by atoms with van der Waals surface area (Å²) < 4.78 is 5.43. The monoisotopic (exact) mass is 469 g/mol. The number of hydrogen-bond acceptors (Lipinski definition) is 5. The molecule has 3 aliphatic rings. The summed E-state index contributed by atoms with van der Waals surface area (Å²) in [5, 5.41) is 5.56. The molecule has 3 fully saturated rings. The van der Waals surface area contributed by atoms with Crippen LogP contribution in [0.5, 0.6) is 0 Å². The molecular weight excluding hydrogens is 434 g/mol. The summed E-state index contributed by atoms with van der Waals surface area (Å²) in [6.07, 6.45) is 6.11. The van der Waals surface area contributed by atoms with E-state index in [0.29, 0.717) is 24.6 Å². The topological polar surface area (TPSA) is 105 Å². The summed E-state index contributed by atoms with van der Waals surface area (Å²) in [6.45, 7) is 5.86. The van der Waals surface area contributed by atoms with Crippen LogP contribution in [0.2, 0.25) is 0 Å². The molecule has 0 radical (unpaired) electrons. The number of likely N-dealkylation sites (tertiary alicyclic amines) is 1. The number of hydrogen-bond donors (Lipinski definition) is 2. The number of fused-ring (bicyclic) bond motifs is 1. The third-order valence-electron chi connectivity index (χ3n) is 7.02. The van der Waals surface area contributed by atoms with E-state index >= 15 is 0 Å². The number of carbonyl (C=O) groups is 4. The molecule has 4 rings (SSSR count). The minimum Gasteiger partial charge on any atom is -0.444 e. The van der Waals surface area contributed by atoms with E-state index in [1.807, 2.05) is 24.3 Å². The number of nitrogens with one attached hydrogen (secondary N) is 2. The van der Waals surface area contributed by atoms with Gasteiger partial charge in [-0.15, -0.1) is 0 Å². The van der Waals surface area contributed by atoms with Gasteiger partial charge in [-0.2, -0.15) is 0 Å². The van der Waals surface area contributed by atoms with Gasteiger partial charge >= 0.3 is 6.09 Å². The number of rotatable bonds is 3. The quantitative estimate of drug-likeness (QED) is 0.658. The largest absolute Gasteiger partial charge is 0.444 e. The molecule has 34 heavy (non-hydrogen) atoms. The minimum absolute atomic E-state index is 0.124. The Hall–Kier alpha value is -2.90. The summed E-state index contributed by atoms with van der Waals surface area (Å²) in [5.41, 5.74) is 1.18. The fourth-order valence-electron chi connectivity index (χ4n) is 5.25. The lowest BCUT2D eigenvalue weighted by Crippen LogP contribution is -2.63. The van der Waals surface area contributed by atoms with Crippen LogP contribution in [-0.4, -0.2) is 53.3 Å². The van der Waals surface area contributed by atoms with E-state index in [0.717, 1.165) is 0 Å². The molecule has 8 heteroatoms. The second kappa shape index (κ2) is 9.76. The zero-order chi connectivity index (χ0) is 24.5. The van der Waals surface area contributed by atoms with Crippen molar-refractivity contribution in [2.24, 2.45) is 11.8 Å². The van der Waals surface area contributed by atoms with E-state index in [1.54, 1.807) is 20.8 Å². The summed E-state index contributed by atoms with van der Waals surface area (Å²) in [4.78, 5) is 52.8. The summed E-state index contributed by atoms with van der Waals surface area (Å²) >= 11 is 0. The van der Waals surface area contributed by atoms with Gasteiger partial charge in [0.25, 0.3) is 0 Å². The van der Waals surface area contributed by atoms with Crippen molar-refractivity contribution in [2.75, 3.05) is 18.4 Å². The van der Waals surface area contributed by atoms with E-state index in [2.05, 4.69) is 10.6 Å². The summed E-state index contributed by atoms with van der Waals surface area (Å²) in [6, 6.07) is 7.33. The third-order valence-corrected chi connectivity index (χ3v) is 7.02. The van der Waals surface area contributed by atoms with Crippen molar-refractivity contribution in [1.82, 2.24) is 10.2 Å². The molecule has 3 amide bonds. The average molecular weight is 470 g/mol. The maximum atomic E-state index is 13.2. The van der Waals surface area contributed by atoms with Gasteiger partial charge in [0, 0.05) is 24.8 Å². The van der Waals surface area contributed by atoms with Crippen molar-refractivity contribution in [2.45, 2.75) is 76.9 Å². The zero-order valence-electron chi connectivity index (χ0n) is 20.3. The molecule has 3 atom stereocenters. The minimum atomic E-state index is -1.43. The van der Waals surface area contributed by atoms with Crippen molar-refractivity contribution in [3.05, 3.63) is 29.8 Å². The van der Waals surface area contributed by atoms with Crippen LogP contribution in [0.15, 0.2) is 24.3 Å². The van der Waals surface area contributed by atoms with Gasteiger partial charge < -0.3 is 20.3 Å². The van der Waals surface area contributed by atoms with Crippen LogP contribution in [0.3, 0.4) is 0 Å². The second-order valence-corrected chi connectivity index (χ2v) is 10.7. The fraction of sp³-hybridized carbons (Fsp3) is 0.615. The first-order valence-corrected chi connectivity index (χ1v) is 12.4. The standard InChI is InChI=1S/C26H35N3O5/c1-26(2,3)34-25(33)29-14-13-20-19(15-29)22(30)21(24(32)28-20)23(31)27-18-11-9-17(10-12-18)16-7-5-4-6-8-16/h9-12,16,19-21H,4-8,13-15H2,1-3H3,(H,27,31)(H,28,32). The smallest absolute Gasteiger partial charge is 0.410 e. The Kier molecular flexibility index (Phi) is 6.96. The van der Waals surface area contributed by atoms with Gasteiger partial charge in [0.05, 0.1) is 5.92 Å². The lowest BCUT2D eigenvalue weighted by Gasteiger charge is -2.42. The van der Waals surface area contributed by atoms with E-state index in [9.17, 15) is 19.2 Å². The van der Waals surface area contributed by atoms with Crippen molar-refractivity contribution >= 4 is 29.4 Å². The Balaban J connectivity index is 1.40. The van der Waals surface area contributed by atoms with Crippen LogP contribution >= 0.6 is 0 Å². The molecule has 2 aliphatic heterocycles. The number of nitrogens with zero attached hydrogens (tertiary/aromatic N) is 1. The van der Waals surface area contributed by atoms with E-state index in [-0.39, 0.29) is 12.6 Å². The molecule has 1 aromatic rings. The second-order valence-electron chi connectivity index (χ2n) is 10.7. The highest BCUT2D eigenvalue weighted by molar-refractivity contribution is 6.23. The Bertz CT molecular complexity index is 946. The number of carbonyl (C=O) groups excluding carboxylic acids is 4. The van der Waals surface area contributed by atoms with Gasteiger partial charge in [0.1, 0.15) is 5.60 Å². The molecule has 3 unspecified atom stereocenters. The van der Waals surface area contributed by atoms with Gasteiger partial charge in [-0.1, -0.05) is 31.4 Å². The molecular formula is C26H35N3O5. The van der Waals surface area contributed by atoms with Crippen molar-refractivity contribution in [3.63, 3.8) is 0 Å². The Morgan fingerprint density at radius 1 is 1.03 bits per heavy atom. The van der Waals surface area contributed by atoms with Crippen LogP contribution in [-0.2, 0) is 19.1 Å². The molecule has 0 bridgehead atoms. The third kappa shape index (κ3) is 5.42. The first kappa shape index (κ1) is 24.2. The zero-order valence-corrected chi connectivity index (χ0v) is 20.3. The van der Waals surface area contributed by atoms with Crippen LogP contribution < -0.4 is 10.6 Å². The fourth-order valence-corrected chi connectivity index (χ4v) is 5.25. The van der Waals surface area contributed by atoms with Crippen LogP contribution in [0.4, 0.5) is 10.5 Å². The summed E-state index contributed by atoms with van der Waals surface area (Å²) in [5.74, 6) is -3.17. The number of Topliss-reactive ketones (excluding diaryl/α,β-unsaturated/α-hetero) is 1. The molecule has 0 aromatic heterocycles. The number of ketones is 1. The number of benzene rings is 1. The first-order valence-electron chi connectivity index (χ1n) is 12.4. The van der Waals surface area contributed by atoms with Crippen LogP contribution in [0, 0.1) is 11.8 Å². The predicted molar refractivity (Wildman–Crippen MR) is 127 cm³/mol. The van der Waals surface area contributed by atoms with Crippen LogP contribution in [0.25, 0.3) is 0 Å². The van der Waals surface area contributed by atoms with Gasteiger partial charge in [-0.3, -0.25) is 14.4 Å². The molecule has 2 N–H and O–H groups in total. The lowest BCUT2D eigenvalue weighted by molar-refractivity contribution is -0.147. The van der Waals surface area contributed by atoms with Crippen molar-refractivity contribution < 1.29 is 23.9 Å². The number of amides is 3. The highest BCUT2D eigenvalue weighted by atomic mass is 16.6. The highest BCUT2D eigenvalue weighted by Gasteiger charge is 2.49. The Labute approximate surface area is 200 Å². The van der Waals surface area contributed by atoms with Crippen molar-refractivity contribution in [3.8, 4) is 0 Å². The van der Waals surface area contributed by atoms with E-state index < -0.39 is 41.1 Å². The number of piperidine rings is 2. The number of anilines is 1. The van der Waals surface area contributed by atoms with Crippen molar-refractivity contribution in [1.29, 1.82) is 0 Å². The molecule has 2 heterocycles. The Morgan fingerprint density at radius 2 is 1.71 bits per heavy atom. The molecule has 1 aromatic carbocycles. The van der Waals surface area contributed by atoms with Crippen LogP contribution in [0.1, 0.15) is 70.8 Å². The Morgan fingerprint density at radius 3 is 2.35 bits per heavy atom. The van der Waals surface area contributed by atoms with E-state index in [1.165, 1.54) is 42.6 Å².